The molecule has 0 radical (unpaired) electrons. The summed E-state index contributed by atoms with van der Waals surface area (Å²) in [7, 11) is 0. The van der Waals surface area contributed by atoms with Gasteiger partial charge in [0.1, 0.15) is 6.04 Å². The lowest BCUT2D eigenvalue weighted by molar-refractivity contribution is -0.123. The Hall–Kier alpha value is -2.48. The van der Waals surface area contributed by atoms with Crippen LogP contribution in [-0.2, 0) is 10.2 Å². The van der Waals surface area contributed by atoms with Crippen LogP contribution in [0.15, 0.2) is 18.3 Å². The molecule has 1 saturated heterocycles. The number of urea groups is 1. The minimum atomic E-state index is -0.620. The molecule has 2 aromatic heterocycles. The van der Waals surface area contributed by atoms with Gasteiger partial charge in [0.15, 0.2) is 5.13 Å². The Kier molecular flexibility index (Phi) is 4.64. The van der Waals surface area contributed by atoms with E-state index in [1.54, 1.807) is 0 Å². The summed E-state index contributed by atoms with van der Waals surface area (Å²) in [5, 5.41) is 3.39. The van der Waals surface area contributed by atoms with Gasteiger partial charge in [0.05, 0.1) is 10.6 Å². The number of hydrogen-bond donors (Lipinski definition) is 2. The molecule has 1 aliphatic heterocycles. The molecule has 1 saturated carbocycles. The monoisotopic (exact) mass is 413 g/mol. The first-order chi connectivity index (χ1) is 13.6. The molecule has 4 rings (SSSR count). The summed E-state index contributed by atoms with van der Waals surface area (Å²) in [5.74, 6) is -0.475. The predicted octanol–water partition coefficient (Wildman–Crippen LogP) is 3.68. The molecule has 8 heteroatoms. The summed E-state index contributed by atoms with van der Waals surface area (Å²) in [6, 6.07) is 3.16. The van der Waals surface area contributed by atoms with E-state index in [9.17, 15) is 9.59 Å². The van der Waals surface area contributed by atoms with Crippen molar-refractivity contribution in [2.75, 3.05) is 11.9 Å². The van der Waals surface area contributed by atoms with Crippen molar-refractivity contribution in [3.8, 4) is 10.4 Å². The molecule has 3 amide bonds. The van der Waals surface area contributed by atoms with Gasteiger partial charge in [-0.2, -0.15) is 0 Å². The van der Waals surface area contributed by atoms with Gasteiger partial charge in [-0.1, -0.05) is 32.1 Å². The van der Waals surface area contributed by atoms with Gasteiger partial charge in [-0.25, -0.2) is 9.78 Å². The highest BCUT2D eigenvalue weighted by Gasteiger charge is 2.46. The Morgan fingerprint density at radius 3 is 2.66 bits per heavy atom. The number of nitrogens with zero attached hydrogens (tertiary/aromatic N) is 3. The molecule has 1 aliphatic carbocycles. The fraction of sp³-hybridized carbons (Fsp3) is 0.524. The molecule has 0 bridgehead atoms. The van der Waals surface area contributed by atoms with Crippen LogP contribution in [0.1, 0.15) is 51.4 Å². The Balaban J connectivity index is 1.55. The third-order valence-corrected chi connectivity index (χ3v) is 7.35. The molecule has 29 heavy (non-hydrogen) atoms. The maximum Gasteiger partial charge on any atom is 0.324 e. The number of hydrogen-bond acceptors (Lipinski definition) is 5. The minimum absolute atomic E-state index is 0.192. The third kappa shape index (κ3) is 3.61. The van der Waals surface area contributed by atoms with E-state index < -0.39 is 11.9 Å². The van der Waals surface area contributed by atoms with Crippen LogP contribution in [0.5, 0.6) is 0 Å². The Bertz CT molecular complexity index is 979. The van der Waals surface area contributed by atoms with E-state index in [-0.39, 0.29) is 16.9 Å². The van der Waals surface area contributed by atoms with Crippen molar-refractivity contribution in [2.45, 2.75) is 58.4 Å². The lowest BCUT2D eigenvalue weighted by Crippen LogP contribution is -2.50. The van der Waals surface area contributed by atoms with Gasteiger partial charge < -0.3 is 10.6 Å². The number of primary amides is 1. The normalized spacial score (nSPS) is 21.8. The summed E-state index contributed by atoms with van der Waals surface area (Å²) in [5.41, 5.74) is 8.46. The number of nitrogens with one attached hydrogen (secondary N) is 1. The van der Waals surface area contributed by atoms with Crippen LogP contribution in [0, 0.1) is 12.3 Å². The number of rotatable bonds is 4. The fourth-order valence-corrected chi connectivity index (χ4v) is 5.03. The van der Waals surface area contributed by atoms with Crippen molar-refractivity contribution < 1.29 is 9.59 Å². The van der Waals surface area contributed by atoms with Crippen molar-refractivity contribution in [1.29, 1.82) is 0 Å². The maximum absolute atomic E-state index is 12.8. The molecule has 0 spiro atoms. The molecule has 0 unspecified atom stereocenters. The maximum atomic E-state index is 12.8. The van der Waals surface area contributed by atoms with Crippen molar-refractivity contribution in [3.63, 3.8) is 0 Å². The zero-order chi connectivity index (χ0) is 21.0. The van der Waals surface area contributed by atoms with E-state index in [0.717, 1.165) is 28.2 Å². The van der Waals surface area contributed by atoms with Gasteiger partial charge in [-0.05, 0) is 49.3 Å². The second-order valence-electron chi connectivity index (χ2n) is 9.09. The number of carbonyl (C=O) groups excluding carboxylic acids is 2. The molecule has 2 aliphatic rings. The Labute approximate surface area is 174 Å². The number of carbonyl (C=O) groups is 2. The van der Waals surface area contributed by atoms with Crippen molar-refractivity contribution in [3.05, 3.63) is 29.7 Å². The van der Waals surface area contributed by atoms with E-state index in [1.807, 2.05) is 33.0 Å². The average Bonchev–Trinajstić information content (AvgIpc) is 3.17. The number of anilines is 1. The lowest BCUT2D eigenvalue weighted by Gasteiger charge is -2.29. The Morgan fingerprint density at radius 1 is 1.28 bits per heavy atom. The topological polar surface area (TPSA) is 101 Å². The van der Waals surface area contributed by atoms with E-state index >= 15 is 0 Å². The number of likely N-dealkylation sites (tertiary alicyclic amines) is 1. The molecule has 1 atom stereocenters. The summed E-state index contributed by atoms with van der Waals surface area (Å²) in [4.78, 5) is 36.4. The van der Waals surface area contributed by atoms with E-state index in [2.05, 4.69) is 28.3 Å². The summed E-state index contributed by atoms with van der Waals surface area (Å²) >= 11 is 1.44. The third-order valence-electron chi connectivity index (χ3n) is 6.23. The van der Waals surface area contributed by atoms with Gasteiger partial charge in [-0.15, -0.1) is 0 Å². The van der Waals surface area contributed by atoms with Gasteiger partial charge >= 0.3 is 6.03 Å². The highest BCUT2D eigenvalue weighted by Crippen LogP contribution is 2.47. The highest BCUT2D eigenvalue weighted by atomic mass is 32.1. The first kappa shape index (κ1) is 19.8. The molecule has 3 N–H and O–H groups in total. The first-order valence-corrected chi connectivity index (χ1v) is 10.7. The van der Waals surface area contributed by atoms with Crippen LogP contribution < -0.4 is 11.1 Å². The second kappa shape index (κ2) is 6.79. The summed E-state index contributed by atoms with van der Waals surface area (Å²) in [6.07, 6.45) is 4.91. The van der Waals surface area contributed by atoms with Crippen LogP contribution in [-0.4, -0.2) is 39.4 Å². The molecule has 154 valence electrons. The van der Waals surface area contributed by atoms with Crippen LogP contribution in [0.2, 0.25) is 0 Å². The summed E-state index contributed by atoms with van der Waals surface area (Å²) in [6.45, 7) is 8.59. The van der Waals surface area contributed by atoms with E-state index in [0.29, 0.717) is 11.7 Å². The Morgan fingerprint density at radius 2 is 2.00 bits per heavy atom. The number of amides is 3. The number of pyridine rings is 1. The minimum Gasteiger partial charge on any atom is -0.368 e. The van der Waals surface area contributed by atoms with E-state index in [4.69, 9.17) is 5.73 Å². The average molecular weight is 414 g/mol. The molecule has 2 fully saturated rings. The predicted molar refractivity (Wildman–Crippen MR) is 114 cm³/mol. The van der Waals surface area contributed by atoms with Gasteiger partial charge in [-0.3, -0.25) is 15.1 Å². The first-order valence-electron chi connectivity index (χ1n) is 9.92. The molecule has 3 heterocycles. The lowest BCUT2D eigenvalue weighted by atomic mass is 9.84. The second-order valence-corrected chi connectivity index (χ2v) is 10.1. The smallest absolute Gasteiger partial charge is 0.324 e. The molecule has 7 nitrogen and oxygen atoms in total. The fourth-order valence-electron chi connectivity index (χ4n) is 4.08. The zero-order valence-electron chi connectivity index (χ0n) is 17.3. The van der Waals surface area contributed by atoms with E-state index in [1.165, 1.54) is 29.1 Å². The quantitative estimate of drug-likeness (QED) is 0.798. The largest absolute Gasteiger partial charge is 0.368 e. The van der Waals surface area contributed by atoms with Gasteiger partial charge in [0.25, 0.3) is 0 Å². The standard InChI is InChI=1S/C21H27N5O2S/c1-12-15(13-5-9-23-14(11-13)21(4)6-7-21)29-18(24-12)25-19(28)26-10-8-20(2,3)16(26)17(22)27/h5,9,11,16H,6-8,10H2,1-4H3,(H2,22,27)(H,24,25,28)/t16-/m1/s1. The van der Waals surface area contributed by atoms with Crippen LogP contribution in [0.4, 0.5) is 9.93 Å². The number of thiazole rings is 1. The highest BCUT2D eigenvalue weighted by molar-refractivity contribution is 7.19. The van der Waals surface area contributed by atoms with Crippen molar-refractivity contribution >= 4 is 28.4 Å². The van der Waals surface area contributed by atoms with Gasteiger partial charge in [0, 0.05) is 23.9 Å². The van der Waals surface area contributed by atoms with Gasteiger partial charge in [0.2, 0.25) is 5.91 Å². The molecule has 2 aromatic rings. The zero-order valence-corrected chi connectivity index (χ0v) is 18.1. The molecular formula is C21H27N5O2S. The number of aromatic nitrogens is 2. The van der Waals surface area contributed by atoms with Crippen LogP contribution in [0.3, 0.4) is 0 Å². The van der Waals surface area contributed by atoms with Crippen molar-refractivity contribution in [2.24, 2.45) is 11.1 Å². The van der Waals surface area contributed by atoms with Crippen LogP contribution in [0.25, 0.3) is 10.4 Å². The van der Waals surface area contributed by atoms with Crippen LogP contribution >= 0.6 is 11.3 Å². The SMILES string of the molecule is Cc1nc(NC(=O)N2CCC(C)(C)[C@H]2C(N)=O)sc1-c1ccnc(C2(C)CC2)c1. The molecular weight excluding hydrogens is 386 g/mol. The van der Waals surface area contributed by atoms with Crippen molar-refractivity contribution in [1.82, 2.24) is 14.9 Å². The summed E-state index contributed by atoms with van der Waals surface area (Å²) < 4.78 is 0. The number of nitrogens with two attached hydrogens (primary N) is 1. The molecule has 0 aromatic carbocycles. The number of aryl methyl sites for hydroxylation is 1.